The van der Waals surface area contributed by atoms with Gasteiger partial charge in [0, 0.05) is 0 Å². The summed E-state index contributed by atoms with van der Waals surface area (Å²) in [7, 11) is 1.40. The van der Waals surface area contributed by atoms with Crippen molar-refractivity contribution in [1.29, 1.82) is 0 Å². The molecule has 0 saturated carbocycles. The van der Waals surface area contributed by atoms with Crippen molar-refractivity contribution >= 4 is 5.97 Å². The van der Waals surface area contributed by atoms with Crippen molar-refractivity contribution in [3.63, 3.8) is 0 Å². The van der Waals surface area contributed by atoms with Crippen LogP contribution >= 0.6 is 0 Å². The van der Waals surface area contributed by atoms with Crippen molar-refractivity contribution < 1.29 is 14.3 Å². The molecule has 1 rings (SSSR count). The maximum absolute atomic E-state index is 10.8. The van der Waals surface area contributed by atoms with E-state index in [1.54, 1.807) is 0 Å². The molecule has 0 aromatic carbocycles. The molecule has 1 fully saturated rings. The molecular weight excluding hydrogens is 182 g/mol. The van der Waals surface area contributed by atoms with Gasteiger partial charge in [-0.2, -0.15) is 0 Å². The van der Waals surface area contributed by atoms with Gasteiger partial charge < -0.3 is 14.8 Å². The molecule has 4 heteroatoms. The molecule has 0 radical (unpaired) electrons. The maximum atomic E-state index is 10.8. The van der Waals surface area contributed by atoms with Gasteiger partial charge in [0.2, 0.25) is 0 Å². The molecule has 1 aliphatic rings. The van der Waals surface area contributed by atoms with Gasteiger partial charge in [0.15, 0.2) is 0 Å². The summed E-state index contributed by atoms with van der Waals surface area (Å²) in [5, 5.41) is 3.32. The SMILES string of the molecule is COC(=O)CCOC1CCCNCC1. The first-order valence-corrected chi connectivity index (χ1v) is 5.22. The second-order valence-electron chi connectivity index (χ2n) is 3.50. The van der Waals surface area contributed by atoms with Crippen LogP contribution in [0.4, 0.5) is 0 Å². The van der Waals surface area contributed by atoms with Crippen molar-refractivity contribution in [2.75, 3.05) is 26.8 Å². The monoisotopic (exact) mass is 201 g/mol. The second-order valence-corrected chi connectivity index (χ2v) is 3.50. The van der Waals surface area contributed by atoms with E-state index in [-0.39, 0.29) is 5.97 Å². The fourth-order valence-electron chi connectivity index (χ4n) is 1.56. The first-order valence-electron chi connectivity index (χ1n) is 5.22. The zero-order valence-corrected chi connectivity index (χ0v) is 8.75. The smallest absolute Gasteiger partial charge is 0.307 e. The van der Waals surface area contributed by atoms with Gasteiger partial charge in [-0.1, -0.05) is 0 Å². The van der Waals surface area contributed by atoms with Crippen LogP contribution in [-0.2, 0) is 14.3 Å². The van der Waals surface area contributed by atoms with Crippen LogP contribution in [-0.4, -0.2) is 38.9 Å². The Hall–Kier alpha value is -0.610. The highest BCUT2D eigenvalue weighted by Gasteiger charge is 2.12. The number of rotatable bonds is 4. The van der Waals surface area contributed by atoms with Gasteiger partial charge in [-0.3, -0.25) is 4.79 Å². The summed E-state index contributed by atoms with van der Waals surface area (Å²) in [5.41, 5.74) is 0. The Bertz CT molecular complexity index is 165. The van der Waals surface area contributed by atoms with Crippen molar-refractivity contribution in [2.24, 2.45) is 0 Å². The molecule has 1 saturated heterocycles. The lowest BCUT2D eigenvalue weighted by molar-refractivity contribution is -0.142. The minimum Gasteiger partial charge on any atom is -0.469 e. The molecule has 1 atom stereocenters. The van der Waals surface area contributed by atoms with Crippen molar-refractivity contribution in [3.8, 4) is 0 Å². The number of carbonyl (C=O) groups excluding carboxylic acids is 1. The van der Waals surface area contributed by atoms with E-state index in [1.165, 1.54) is 7.11 Å². The van der Waals surface area contributed by atoms with E-state index >= 15 is 0 Å². The fraction of sp³-hybridized carbons (Fsp3) is 0.900. The van der Waals surface area contributed by atoms with Crippen molar-refractivity contribution in [2.45, 2.75) is 31.8 Å². The largest absolute Gasteiger partial charge is 0.469 e. The number of carbonyl (C=O) groups is 1. The minimum atomic E-state index is -0.197. The Morgan fingerprint density at radius 2 is 2.29 bits per heavy atom. The number of ether oxygens (including phenoxy) is 2. The van der Waals surface area contributed by atoms with Crippen LogP contribution in [0.2, 0.25) is 0 Å². The zero-order valence-electron chi connectivity index (χ0n) is 8.75. The normalized spacial score (nSPS) is 22.8. The minimum absolute atomic E-state index is 0.197. The lowest BCUT2D eigenvalue weighted by Gasteiger charge is -2.14. The van der Waals surface area contributed by atoms with Crippen LogP contribution in [0.5, 0.6) is 0 Å². The zero-order chi connectivity index (χ0) is 10.2. The van der Waals surface area contributed by atoms with Crippen LogP contribution in [0, 0.1) is 0 Å². The lowest BCUT2D eigenvalue weighted by Crippen LogP contribution is -2.18. The Labute approximate surface area is 85.0 Å². The third kappa shape index (κ3) is 4.58. The molecular formula is C10H19NO3. The maximum Gasteiger partial charge on any atom is 0.307 e. The van der Waals surface area contributed by atoms with Crippen LogP contribution < -0.4 is 5.32 Å². The van der Waals surface area contributed by atoms with Crippen LogP contribution in [0.3, 0.4) is 0 Å². The number of methoxy groups -OCH3 is 1. The van der Waals surface area contributed by atoms with Gasteiger partial charge in [0.05, 0.1) is 26.2 Å². The van der Waals surface area contributed by atoms with Crippen LogP contribution in [0.25, 0.3) is 0 Å². The molecule has 1 aliphatic heterocycles. The molecule has 0 amide bonds. The number of nitrogens with one attached hydrogen (secondary N) is 1. The van der Waals surface area contributed by atoms with E-state index in [2.05, 4.69) is 10.1 Å². The average molecular weight is 201 g/mol. The Kier molecular flexibility index (Phi) is 5.56. The Morgan fingerprint density at radius 1 is 1.43 bits per heavy atom. The van der Waals surface area contributed by atoms with Gasteiger partial charge in [-0.15, -0.1) is 0 Å². The molecule has 0 spiro atoms. The van der Waals surface area contributed by atoms with Gasteiger partial charge >= 0.3 is 5.97 Å². The summed E-state index contributed by atoms with van der Waals surface area (Å²) >= 11 is 0. The van der Waals surface area contributed by atoms with Gasteiger partial charge in [0.25, 0.3) is 0 Å². The van der Waals surface area contributed by atoms with Crippen LogP contribution in [0.15, 0.2) is 0 Å². The van der Waals surface area contributed by atoms with E-state index in [0.29, 0.717) is 19.1 Å². The Balaban J connectivity index is 2.07. The molecule has 82 valence electrons. The standard InChI is InChI=1S/C10H19NO3/c1-13-10(12)5-8-14-9-3-2-6-11-7-4-9/h9,11H,2-8H2,1H3. The number of hydrogen-bond acceptors (Lipinski definition) is 4. The quantitative estimate of drug-likeness (QED) is 0.680. The van der Waals surface area contributed by atoms with Gasteiger partial charge in [-0.25, -0.2) is 0 Å². The first-order chi connectivity index (χ1) is 6.83. The molecule has 0 aromatic heterocycles. The topological polar surface area (TPSA) is 47.6 Å². The predicted molar refractivity (Wildman–Crippen MR) is 53.1 cm³/mol. The van der Waals surface area contributed by atoms with E-state index in [1.807, 2.05) is 0 Å². The third-order valence-electron chi connectivity index (χ3n) is 2.41. The molecule has 0 bridgehead atoms. The Morgan fingerprint density at radius 3 is 3.07 bits per heavy atom. The average Bonchev–Trinajstić information content (AvgIpc) is 2.46. The third-order valence-corrected chi connectivity index (χ3v) is 2.41. The van der Waals surface area contributed by atoms with E-state index in [0.717, 1.165) is 32.4 Å². The number of hydrogen-bond donors (Lipinski definition) is 1. The second kappa shape index (κ2) is 6.79. The number of esters is 1. The van der Waals surface area contributed by atoms with E-state index in [9.17, 15) is 4.79 Å². The molecule has 14 heavy (non-hydrogen) atoms. The fourth-order valence-corrected chi connectivity index (χ4v) is 1.56. The summed E-state index contributed by atoms with van der Waals surface area (Å²) in [6, 6.07) is 0. The molecule has 1 N–H and O–H groups in total. The van der Waals surface area contributed by atoms with Gasteiger partial charge in [-0.05, 0) is 32.4 Å². The van der Waals surface area contributed by atoms with E-state index in [4.69, 9.17) is 4.74 Å². The van der Waals surface area contributed by atoms with Gasteiger partial charge in [0.1, 0.15) is 0 Å². The highest BCUT2D eigenvalue weighted by Crippen LogP contribution is 2.09. The van der Waals surface area contributed by atoms with Crippen molar-refractivity contribution in [1.82, 2.24) is 5.32 Å². The molecule has 1 heterocycles. The molecule has 0 aliphatic carbocycles. The van der Waals surface area contributed by atoms with Crippen LogP contribution in [0.1, 0.15) is 25.7 Å². The predicted octanol–water partition coefficient (Wildman–Crippen LogP) is 0.708. The highest BCUT2D eigenvalue weighted by atomic mass is 16.5. The first kappa shape index (κ1) is 11.5. The lowest BCUT2D eigenvalue weighted by atomic mass is 10.1. The molecule has 4 nitrogen and oxygen atoms in total. The summed E-state index contributed by atoms with van der Waals surface area (Å²) in [6.45, 7) is 2.58. The molecule has 0 aromatic rings. The highest BCUT2D eigenvalue weighted by molar-refractivity contribution is 5.69. The summed E-state index contributed by atoms with van der Waals surface area (Å²) in [6.07, 6.45) is 3.97. The molecule has 1 unspecified atom stereocenters. The summed E-state index contributed by atoms with van der Waals surface area (Å²) in [5.74, 6) is -0.197. The summed E-state index contributed by atoms with van der Waals surface area (Å²) < 4.78 is 10.1. The van der Waals surface area contributed by atoms with Crippen molar-refractivity contribution in [3.05, 3.63) is 0 Å². The van der Waals surface area contributed by atoms with E-state index < -0.39 is 0 Å². The summed E-state index contributed by atoms with van der Waals surface area (Å²) in [4.78, 5) is 10.8.